The topological polar surface area (TPSA) is 72.7 Å². The maximum atomic E-state index is 12.4. The minimum atomic E-state index is -0.597. The van der Waals surface area contributed by atoms with Gasteiger partial charge in [0.15, 0.2) is 0 Å². The number of rotatable bonds is 3. The third-order valence-electron chi connectivity index (χ3n) is 3.54. The average molecular weight is 299 g/mol. The monoisotopic (exact) mass is 298 g/mol. The Morgan fingerprint density at radius 3 is 2.80 bits per heavy atom. The van der Waals surface area contributed by atoms with E-state index in [1.807, 2.05) is 6.92 Å². The molecule has 2 rings (SSSR count). The second kappa shape index (κ2) is 5.76. The molecule has 1 aliphatic rings. The molecule has 1 aromatic carbocycles. The zero-order valence-corrected chi connectivity index (χ0v) is 12.0. The molecule has 0 aliphatic carbocycles. The molecular formula is C13H15ClN2O4. The fourth-order valence-corrected chi connectivity index (χ4v) is 2.56. The highest BCUT2D eigenvalue weighted by Crippen LogP contribution is 2.27. The van der Waals surface area contributed by atoms with Gasteiger partial charge in [-0.15, -0.1) is 0 Å². The molecule has 0 N–H and O–H groups in total. The molecule has 0 radical (unpaired) electrons. The minimum absolute atomic E-state index is 0.0164. The van der Waals surface area contributed by atoms with E-state index in [-0.39, 0.29) is 34.3 Å². The zero-order valence-electron chi connectivity index (χ0n) is 11.2. The van der Waals surface area contributed by atoms with Crippen molar-refractivity contribution in [1.82, 2.24) is 4.90 Å². The lowest BCUT2D eigenvalue weighted by Crippen LogP contribution is -2.41. The van der Waals surface area contributed by atoms with Crippen LogP contribution in [0.4, 0.5) is 5.69 Å². The van der Waals surface area contributed by atoms with Gasteiger partial charge in [-0.3, -0.25) is 14.9 Å². The summed E-state index contributed by atoms with van der Waals surface area (Å²) in [5, 5.41) is 10.9. The van der Waals surface area contributed by atoms with Crippen molar-refractivity contribution in [3.8, 4) is 0 Å². The summed E-state index contributed by atoms with van der Waals surface area (Å²) in [6, 6.07) is 4.06. The van der Waals surface area contributed by atoms with E-state index in [1.54, 1.807) is 11.9 Å². The Hall–Kier alpha value is -1.66. The van der Waals surface area contributed by atoms with E-state index in [2.05, 4.69) is 0 Å². The summed E-state index contributed by atoms with van der Waals surface area (Å²) in [7, 11) is 1.68. The van der Waals surface area contributed by atoms with Crippen molar-refractivity contribution in [3.05, 3.63) is 38.9 Å². The van der Waals surface area contributed by atoms with E-state index in [4.69, 9.17) is 16.3 Å². The maximum absolute atomic E-state index is 12.4. The van der Waals surface area contributed by atoms with Crippen molar-refractivity contribution in [2.45, 2.75) is 25.5 Å². The first kappa shape index (κ1) is 14.7. The van der Waals surface area contributed by atoms with E-state index in [0.29, 0.717) is 6.61 Å². The number of likely N-dealkylation sites (N-methyl/N-ethyl adjacent to an activating group) is 1. The Balaban J connectivity index is 2.24. The molecule has 1 amide bonds. The minimum Gasteiger partial charge on any atom is -0.376 e. The van der Waals surface area contributed by atoms with Gasteiger partial charge in [-0.2, -0.15) is 0 Å². The molecule has 1 aromatic rings. The lowest BCUT2D eigenvalue weighted by atomic mass is 10.1. The standard InChI is InChI=1S/C13H15ClN2O4/c1-8-11(5-6-20-8)15(2)13(17)9-3-4-10(14)12(7-9)16(18)19/h3-4,7-8,11H,5-6H2,1-2H3. The molecule has 0 saturated carbocycles. The van der Waals surface area contributed by atoms with E-state index < -0.39 is 4.92 Å². The molecule has 0 aromatic heterocycles. The first-order valence-electron chi connectivity index (χ1n) is 6.24. The highest BCUT2D eigenvalue weighted by molar-refractivity contribution is 6.32. The zero-order chi connectivity index (χ0) is 14.9. The molecule has 108 valence electrons. The number of nitro benzene ring substituents is 1. The number of ether oxygens (including phenoxy) is 1. The van der Waals surface area contributed by atoms with Crippen molar-refractivity contribution < 1.29 is 14.5 Å². The number of carbonyl (C=O) groups is 1. The largest absolute Gasteiger partial charge is 0.376 e. The van der Waals surface area contributed by atoms with Crippen molar-refractivity contribution in [3.63, 3.8) is 0 Å². The number of benzene rings is 1. The Morgan fingerprint density at radius 1 is 1.55 bits per heavy atom. The first-order valence-corrected chi connectivity index (χ1v) is 6.62. The van der Waals surface area contributed by atoms with Gasteiger partial charge in [0.2, 0.25) is 0 Å². The Bertz CT molecular complexity index is 549. The highest BCUT2D eigenvalue weighted by Gasteiger charge is 2.31. The fraction of sp³-hybridized carbons (Fsp3) is 0.462. The maximum Gasteiger partial charge on any atom is 0.288 e. The van der Waals surface area contributed by atoms with E-state index in [9.17, 15) is 14.9 Å². The average Bonchev–Trinajstić information content (AvgIpc) is 2.83. The third kappa shape index (κ3) is 2.76. The summed E-state index contributed by atoms with van der Waals surface area (Å²) in [4.78, 5) is 24.2. The number of carbonyl (C=O) groups excluding carboxylic acids is 1. The van der Waals surface area contributed by atoms with Crippen LogP contribution in [-0.4, -0.2) is 41.5 Å². The van der Waals surface area contributed by atoms with Crippen LogP contribution in [-0.2, 0) is 4.74 Å². The first-order chi connectivity index (χ1) is 9.41. The summed E-state index contributed by atoms with van der Waals surface area (Å²) in [5.41, 5.74) is -0.00987. The fourth-order valence-electron chi connectivity index (χ4n) is 2.37. The quantitative estimate of drug-likeness (QED) is 0.635. The number of nitrogens with zero attached hydrogens (tertiary/aromatic N) is 2. The highest BCUT2D eigenvalue weighted by atomic mass is 35.5. The Morgan fingerprint density at radius 2 is 2.25 bits per heavy atom. The summed E-state index contributed by atoms with van der Waals surface area (Å²) in [6.07, 6.45) is 0.727. The van der Waals surface area contributed by atoms with Gasteiger partial charge in [0.1, 0.15) is 5.02 Å². The van der Waals surface area contributed by atoms with Gasteiger partial charge < -0.3 is 9.64 Å². The van der Waals surface area contributed by atoms with Crippen LogP contribution in [0, 0.1) is 10.1 Å². The lowest BCUT2D eigenvalue weighted by molar-refractivity contribution is -0.384. The summed E-state index contributed by atoms with van der Waals surface area (Å²) in [5.74, 6) is -0.271. The van der Waals surface area contributed by atoms with Gasteiger partial charge in [0.25, 0.3) is 11.6 Å². The molecule has 1 fully saturated rings. The normalized spacial score (nSPS) is 21.8. The second-order valence-electron chi connectivity index (χ2n) is 4.77. The Labute approximate surface area is 121 Å². The molecule has 20 heavy (non-hydrogen) atoms. The van der Waals surface area contributed by atoms with Crippen LogP contribution in [0.2, 0.25) is 5.02 Å². The molecule has 0 bridgehead atoms. The van der Waals surface area contributed by atoms with Crippen molar-refractivity contribution in [2.24, 2.45) is 0 Å². The van der Waals surface area contributed by atoms with Crippen LogP contribution in [0.1, 0.15) is 23.7 Å². The molecule has 1 aliphatic heterocycles. The van der Waals surface area contributed by atoms with E-state index >= 15 is 0 Å². The van der Waals surface area contributed by atoms with E-state index in [0.717, 1.165) is 6.42 Å². The molecule has 1 heterocycles. The third-order valence-corrected chi connectivity index (χ3v) is 3.86. The number of hydrogen-bond acceptors (Lipinski definition) is 4. The van der Waals surface area contributed by atoms with Gasteiger partial charge in [0, 0.05) is 25.3 Å². The van der Waals surface area contributed by atoms with Gasteiger partial charge >= 0.3 is 0 Å². The smallest absolute Gasteiger partial charge is 0.288 e. The number of halogens is 1. The van der Waals surface area contributed by atoms with Crippen molar-refractivity contribution in [2.75, 3.05) is 13.7 Å². The predicted octanol–water partition coefficient (Wildman–Crippen LogP) is 2.50. The van der Waals surface area contributed by atoms with E-state index in [1.165, 1.54) is 18.2 Å². The van der Waals surface area contributed by atoms with Crippen LogP contribution in [0.15, 0.2) is 18.2 Å². The summed E-state index contributed by atoms with van der Waals surface area (Å²) in [6.45, 7) is 2.52. The second-order valence-corrected chi connectivity index (χ2v) is 5.18. The molecule has 0 spiro atoms. The van der Waals surface area contributed by atoms with Crippen LogP contribution in [0.3, 0.4) is 0 Å². The van der Waals surface area contributed by atoms with Gasteiger partial charge in [-0.1, -0.05) is 11.6 Å². The molecule has 1 saturated heterocycles. The van der Waals surface area contributed by atoms with Crippen LogP contribution >= 0.6 is 11.6 Å². The van der Waals surface area contributed by atoms with Gasteiger partial charge in [0.05, 0.1) is 17.1 Å². The molecular weight excluding hydrogens is 284 g/mol. The number of nitro groups is 1. The number of amides is 1. The molecule has 2 atom stereocenters. The van der Waals surface area contributed by atoms with Gasteiger partial charge in [-0.25, -0.2) is 0 Å². The van der Waals surface area contributed by atoms with Crippen molar-refractivity contribution >= 4 is 23.2 Å². The van der Waals surface area contributed by atoms with Crippen LogP contribution in [0.25, 0.3) is 0 Å². The predicted molar refractivity (Wildman–Crippen MR) is 74.0 cm³/mol. The lowest BCUT2D eigenvalue weighted by Gasteiger charge is -2.26. The van der Waals surface area contributed by atoms with Crippen LogP contribution in [0.5, 0.6) is 0 Å². The summed E-state index contributed by atoms with van der Waals surface area (Å²) >= 11 is 5.74. The SMILES string of the molecule is CC1OCCC1N(C)C(=O)c1ccc(Cl)c([N+](=O)[O-])c1. The molecule has 2 unspecified atom stereocenters. The molecule has 7 heteroatoms. The number of hydrogen-bond donors (Lipinski definition) is 0. The summed E-state index contributed by atoms with van der Waals surface area (Å²) < 4.78 is 5.43. The Kier molecular flexibility index (Phi) is 4.25. The van der Waals surface area contributed by atoms with Crippen molar-refractivity contribution in [1.29, 1.82) is 0 Å². The van der Waals surface area contributed by atoms with Crippen LogP contribution < -0.4 is 0 Å². The van der Waals surface area contributed by atoms with Gasteiger partial charge in [-0.05, 0) is 25.5 Å². The molecule has 6 nitrogen and oxygen atoms in total.